The van der Waals surface area contributed by atoms with Crippen LogP contribution in [0, 0.1) is 6.92 Å². The fourth-order valence-corrected chi connectivity index (χ4v) is 4.68. The molecular weight excluding hydrogens is 348 g/mol. The van der Waals surface area contributed by atoms with Gasteiger partial charge in [-0.05, 0) is 79.3 Å². The van der Waals surface area contributed by atoms with Crippen LogP contribution in [0.15, 0.2) is 30.6 Å². The molecule has 3 aromatic rings. The number of hydrogen-bond donors (Lipinski definition) is 2. The number of benzene rings is 1. The Labute approximate surface area is 165 Å². The van der Waals surface area contributed by atoms with Crippen molar-refractivity contribution in [1.29, 1.82) is 0 Å². The van der Waals surface area contributed by atoms with Gasteiger partial charge in [-0.1, -0.05) is 0 Å². The summed E-state index contributed by atoms with van der Waals surface area (Å²) in [7, 11) is 0. The fraction of sp³-hybridized carbons (Fsp3) is 0.391. The third-order valence-corrected chi connectivity index (χ3v) is 6.31. The maximum atomic E-state index is 12.6. The van der Waals surface area contributed by atoms with Gasteiger partial charge in [0.05, 0.1) is 6.42 Å². The third-order valence-electron chi connectivity index (χ3n) is 6.31. The Hall–Kier alpha value is -2.66. The van der Waals surface area contributed by atoms with E-state index in [-0.39, 0.29) is 5.91 Å². The summed E-state index contributed by atoms with van der Waals surface area (Å²) < 4.78 is 0. The second-order valence-corrected chi connectivity index (χ2v) is 8.03. The maximum Gasteiger partial charge on any atom is 0.227 e. The van der Waals surface area contributed by atoms with Gasteiger partial charge in [-0.2, -0.15) is 0 Å². The smallest absolute Gasteiger partial charge is 0.227 e. The second kappa shape index (κ2) is 6.74. The summed E-state index contributed by atoms with van der Waals surface area (Å²) in [5.41, 5.74) is 8.31. The largest absolute Gasteiger partial charge is 0.346 e. The number of likely N-dealkylation sites (N-methyl/N-ethyl adjacent to an activating group) is 1. The summed E-state index contributed by atoms with van der Waals surface area (Å²) in [5.74, 6) is 0.244. The molecule has 0 aliphatic carbocycles. The second-order valence-electron chi connectivity index (χ2n) is 8.03. The molecule has 4 heterocycles. The lowest BCUT2D eigenvalue weighted by molar-refractivity contribution is -0.131. The highest BCUT2D eigenvalue weighted by molar-refractivity contribution is 5.86. The fourth-order valence-electron chi connectivity index (χ4n) is 4.68. The van der Waals surface area contributed by atoms with Gasteiger partial charge in [-0.15, -0.1) is 0 Å². The first-order valence-electron chi connectivity index (χ1n) is 10.2. The van der Waals surface area contributed by atoms with Gasteiger partial charge < -0.3 is 15.2 Å². The monoisotopic (exact) mass is 374 g/mol. The van der Waals surface area contributed by atoms with Gasteiger partial charge in [0.25, 0.3) is 0 Å². The van der Waals surface area contributed by atoms with Crippen molar-refractivity contribution < 1.29 is 4.79 Å². The predicted molar refractivity (Wildman–Crippen MR) is 111 cm³/mol. The quantitative estimate of drug-likeness (QED) is 0.732. The number of H-pyrrole nitrogens is 1. The number of carbonyl (C=O) groups excluding carboxylic acids is 1. The molecule has 1 saturated heterocycles. The Morgan fingerprint density at radius 2 is 2.14 bits per heavy atom. The van der Waals surface area contributed by atoms with Crippen molar-refractivity contribution in [1.82, 2.24) is 20.2 Å². The molecule has 2 N–H and O–H groups in total. The minimum atomic E-state index is 0.244. The number of carbonyl (C=O) groups is 1. The third kappa shape index (κ3) is 2.81. The molecule has 0 bridgehead atoms. The van der Waals surface area contributed by atoms with E-state index in [0.717, 1.165) is 30.7 Å². The van der Waals surface area contributed by atoms with Crippen LogP contribution in [0.25, 0.3) is 22.2 Å². The molecule has 0 saturated carbocycles. The molecule has 0 unspecified atom stereocenters. The summed E-state index contributed by atoms with van der Waals surface area (Å²) in [4.78, 5) is 22.4. The Balaban J connectivity index is 1.66. The predicted octanol–water partition coefficient (Wildman–Crippen LogP) is 3.87. The number of nitrogens with zero attached hydrogens (tertiary/aromatic N) is 2. The molecule has 28 heavy (non-hydrogen) atoms. The van der Waals surface area contributed by atoms with Gasteiger partial charge in [0.15, 0.2) is 0 Å². The number of pyridine rings is 1. The summed E-state index contributed by atoms with van der Waals surface area (Å²) >= 11 is 0. The van der Waals surface area contributed by atoms with Gasteiger partial charge in [0, 0.05) is 42.5 Å². The Bertz CT molecular complexity index is 1060. The minimum Gasteiger partial charge on any atom is -0.346 e. The van der Waals surface area contributed by atoms with E-state index in [9.17, 15) is 4.79 Å². The lowest BCUT2D eigenvalue weighted by atomic mass is 9.86. The first-order valence-corrected chi connectivity index (χ1v) is 10.2. The highest BCUT2D eigenvalue weighted by Gasteiger charge is 2.28. The van der Waals surface area contributed by atoms with Crippen LogP contribution < -0.4 is 5.32 Å². The standard InChI is InChI=1S/C23H26N4O/c1-3-27-13-17-7-15(16-9-18-14(2)11-25-23(18)26-12-16)8-20(19(17)10-22(27)28)21-5-4-6-24-21/h7-9,11-12,21,24H,3-6,10,13H2,1-2H3,(H,25,26)/t21-/m0/s1. The van der Waals surface area contributed by atoms with Crippen LogP contribution in [0.1, 0.15) is 48.1 Å². The van der Waals surface area contributed by atoms with Crippen LogP contribution >= 0.6 is 0 Å². The summed E-state index contributed by atoms with van der Waals surface area (Å²) in [6.07, 6.45) is 6.81. The van der Waals surface area contributed by atoms with E-state index in [1.807, 2.05) is 17.3 Å². The van der Waals surface area contributed by atoms with E-state index in [2.05, 4.69) is 47.3 Å². The number of hydrogen-bond acceptors (Lipinski definition) is 3. The van der Waals surface area contributed by atoms with Crippen LogP contribution in [-0.4, -0.2) is 33.9 Å². The van der Waals surface area contributed by atoms with Crippen LogP contribution in [-0.2, 0) is 17.8 Å². The van der Waals surface area contributed by atoms with Crippen LogP contribution in [0.5, 0.6) is 0 Å². The SMILES string of the molecule is CCN1Cc2cc(-c3cnc4[nH]cc(C)c4c3)cc([C@@H]3CCCN3)c2CC1=O. The lowest BCUT2D eigenvalue weighted by Gasteiger charge is -2.31. The van der Waals surface area contributed by atoms with Crippen molar-refractivity contribution in [2.45, 2.75) is 45.7 Å². The molecule has 2 aliphatic heterocycles. The first kappa shape index (κ1) is 17.4. The highest BCUT2D eigenvalue weighted by Crippen LogP contribution is 2.36. The van der Waals surface area contributed by atoms with Crippen LogP contribution in [0.3, 0.4) is 0 Å². The Kier molecular flexibility index (Phi) is 4.20. The number of aryl methyl sites for hydroxylation is 1. The van der Waals surface area contributed by atoms with E-state index in [1.54, 1.807) is 0 Å². The average Bonchev–Trinajstić information content (AvgIpc) is 3.37. The van der Waals surface area contributed by atoms with Crippen molar-refractivity contribution in [2.75, 3.05) is 13.1 Å². The average molecular weight is 374 g/mol. The first-order chi connectivity index (χ1) is 13.6. The van der Waals surface area contributed by atoms with Gasteiger partial charge >= 0.3 is 0 Å². The molecule has 2 aliphatic rings. The van der Waals surface area contributed by atoms with Crippen molar-refractivity contribution >= 4 is 16.9 Å². The number of aromatic nitrogens is 2. The zero-order valence-corrected chi connectivity index (χ0v) is 16.5. The molecule has 1 atom stereocenters. The molecule has 1 aromatic carbocycles. The molecule has 5 heteroatoms. The topological polar surface area (TPSA) is 61.0 Å². The summed E-state index contributed by atoms with van der Waals surface area (Å²) in [6, 6.07) is 7.14. The van der Waals surface area contributed by atoms with E-state index in [1.165, 1.54) is 39.6 Å². The van der Waals surface area contributed by atoms with Crippen molar-refractivity contribution in [3.8, 4) is 11.1 Å². The number of fused-ring (bicyclic) bond motifs is 2. The Morgan fingerprint density at radius 3 is 2.93 bits per heavy atom. The number of nitrogens with one attached hydrogen (secondary N) is 2. The van der Waals surface area contributed by atoms with Crippen molar-refractivity contribution in [3.63, 3.8) is 0 Å². The number of amides is 1. The van der Waals surface area contributed by atoms with Gasteiger partial charge in [0.1, 0.15) is 5.65 Å². The highest BCUT2D eigenvalue weighted by atomic mass is 16.2. The number of rotatable bonds is 3. The molecule has 144 valence electrons. The normalized spacial score (nSPS) is 19.4. The molecule has 0 radical (unpaired) electrons. The lowest BCUT2D eigenvalue weighted by Crippen LogP contribution is -2.37. The van der Waals surface area contributed by atoms with E-state index >= 15 is 0 Å². The Morgan fingerprint density at radius 1 is 1.25 bits per heavy atom. The van der Waals surface area contributed by atoms with Crippen LogP contribution in [0.2, 0.25) is 0 Å². The van der Waals surface area contributed by atoms with E-state index < -0.39 is 0 Å². The zero-order valence-electron chi connectivity index (χ0n) is 16.5. The summed E-state index contributed by atoms with van der Waals surface area (Å²) in [5, 5.41) is 4.80. The maximum absolute atomic E-state index is 12.6. The molecule has 5 nitrogen and oxygen atoms in total. The number of aromatic amines is 1. The molecule has 1 fully saturated rings. The zero-order chi connectivity index (χ0) is 19.3. The molecule has 0 spiro atoms. The molecule has 1 amide bonds. The molecule has 2 aromatic heterocycles. The molecular formula is C23H26N4O. The van der Waals surface area contributed by atoms with Gasteiger partial charge in [0.2, 0.25) is 5.91 Å². The molecule has 5 rings (SSSR count). The van der Waals surface area contributed by atoms with Gasteiger partial charge in [-0.3, -0.25) is 4.79 Å². The van der Waals surface area contributed by atoms with Crippen molar-refractivity contribution in [2.24, 2.45) is 0 Å². The van der Waals surface area contributed by atoms with Gasteiger partial charge in [-0.25, -0.2) is 4.98 Å². The summed E-state index contributed by atoms with van der Waals surface area (Å²) in [6.45, 7) is 6.68. The van der Waals surface area contributed by atoms with Crippen LogP contribution in [0.4, 0.5) is 0 Å². The van der Waals surface area contributed by atoms with E-state index in [0.29, 0.717) is 19.0 Å². The minimum absolute atomic E-state index is 0.244. The van der Waals surface area contributed by atoms with Crippen molar-refractivity contribution in [3.05, 3.63) is 52.8 Å². The van der Waals surface area contributed by atoms with E-state index in [4.69, 9.17) is 0 Å².